The number of hydrogen-bond acceptors (Lipinski definition) is 3. The van der Waals surface area contributed by atoms with Crippen molar-refractivity contribution in [3.05, 3.63) is 30.1 Å². The van der Waals surface area contributed by atoms with Gasteiger partial charge in [-0.15, -0.1) is 0 Å². The van der Waals surface area contributed by atoms with E-state index >= 15 is 0 Å². The van der Waals surface area contributed by atoms with E-state index in [1.54, 1.807) is 0 Å². The summed E-state index contributed by atoms with van der Waals surface area (Å²) in [6, 6.07) is 4.44. The molecule has 2 atom stereocenters. The zero-order chi connectivity index (χ0) is 15.9. The predicted octanol–water partition coefficient (Wildman–Crippen LogP) is 2.84. The summed E-state index contributed by atoms with van der Waals surface area (Å²) in [5.41, 5.74) is 1.26. The van der Waals surface area contributed by atoms with Crippen molar-refractivity contribution in [1.29, 1.82) is 0 Å². The number of pyridine rings is 1. The number of carbonyl (C=O) groups excluding carboxylic acids is 1. The lowest BCUT2D eigenvalue weighted by molar-refractivity contribution is -0.127. The van der Waals surface area contributed by atoms with E-state index in [-0.39, 0.29) is 11.8 Å². The third kappa shape index (κ3) is 4.80. The smallest absolute Gasteiger partial charge is 0.223 e. The van der Waals surface area contributed by atoms with Crippen LogP contribution in [0.5, 0.6) is 0 Å². The van der Waals surface area contributed by atoms with Crippen LogP contribution in [0, 0.1) is 11.8 Å². The number of nitrogens with zero attached hydrogens (tertiary/aromatic N) is 2. The molecule has 0 radical (unpaired) electrons. The lowest BCUT2D eigenvalue weighted by Gasteiger charge is -2.33. The molecule has 1 saturated heterocycles. The molecule has 4 nitrogen and oxygen atoms in total. The van der Waals surface area contributed by atoms with Crippen LogP contribution in [0.25, 0.3) is 0 Å². The van der Waals surface area contributed by atoms with Gasteiger partial charge in [0.2, 0.25) is 5.91 Å². The first kappa shape index (κ1) is 16.9. The molecular formula is C18H29N3O. The Morgan fingerprint density at radius 3 is 2.73 bits per heavy atom. The summed E-state index contributed by atoms with van der Waals surface area (Å²) in [7, 11) is 0. The van der Waals surface area contributed by atoms with E-state index in [2.05, 4.69) is 35.1 Å². The maximum Gasteiger partial charge on any atom is 0.223 e. The van der Waals surface area contributed by atoms with Crippen LogP contribution < -0.4 is 5.32 Å². The molecule has 4 heteroatoms. The highest BCUT2D eigenvalue weighted by atomic mass is 16.1. The summed E-state index contributed by atoms with van der Waals surface area (Å²) >= 11 is 0. The van der Waals surface area contributed by atoms with Crippen LogP contribution in [0.2, 0.25) is 0 Å². The Bertz CT molecular complexity index is 455. The standard InChI is InChI=1S/C18H29N3O/c1-4-14(2)15(3)18(22)20-17-7-10-21(11-8-17)13-16-6-5-9-19-12-16/h5-6,9,12,14-15,17H,4,7-8,10-11,13H2,1-3H3,(H,20,22). The van der Waals surface area contributed by atoms with Gasteiger partial charge in [-0.1, -0.05) is 33.3 Å². The molecule has 1 aliphatic rings. The number of amides is 1. The first-order valence-electron chi connectivity index (χ1n) is 8.51. The molecule has 22 heavy (non-hydrogen) atoms. The SMILES string of the molecule is CCC(C)C(C)C(=O)NC1CCN(Cc2cccnc2)CC1. The third-order valence-corrected chi connectivity index (χ3v) is 4.97. The van der Waals surface area contributed by atoms with Crippen molar-refractivity contribution in [2.75, 3.05) is 13.1 Å². The second-order valence-electron chi connectivity index (χ2n) is 6.59. The minimum Gasteiger partial charge on any atom is -0.353 e. The van der Waals surface area contributed by atoms with Crippen molar-refractivity contribution in [3.63, 3.8) is 0 Å². The first-order valence-corrected chi connectivity index (χ1v) is 8.51. The molecule has 2 unspecified atom stereocenters. The quantitative estimate of drug-likeness (QED) is 0.879. The largest absolute Gasteiger partial charge is 0.353 e. The van der Waals surface area contributed by atoms with Gasteiger partial charge in [0.25, 0.3) is 0 Å². The number of aromatic nitrogens is 1. The Morgan fingerprint density at radius 2 is 2.14 bits per heavy atom. The molecule has 1 N–H and O–H groups in total. The Labute approximate surface area is 134 Å². The molecule has 1 amide bonds. The summed E-state index contributed by atoms with van der Waals surface area (Å²) in [5.74, 6) is 0.782. The minimum atomic E-state index is 0.110. The van der Waals surface area contributed by atoms with Crippen LogP contribution in [0.1, 0.15) is 45.6 Å². The number of rotatable bonds is 6. The summed E-state index contributed by atoms with van der Waals surface area (Å²) in [5, 5.41) is 3.24. The second-order valence-corrected chi connectivity index (χ2v) is 6.59. The maximum atomic E-state index is 12.3. The molecular weight excluding hydrogens is 274 g/mol. The lowest BCUT2D eigenvalue weighted by atomic mass is 9.92. The van der Waals surface area contributed by atoms with Gasteiger partial charge in [0.05, 0.1) is 0 Å². The van der Waals surface area contributed by atoms with Crippen molar-refractivity contribution >= 4 is 5.91 Å². The van der Waals surface area contributed by atoms with E-state index in [4.69, 9.17) is 0 Å². The fraction of sp³-hybridized carbons (Fsp3) is 0.667. The van der Waals surface area contributed by atoms with Crippen molar-refractivity contribution in [1.82, 2.24) is 15.2 Å². The second kappa shape index (κ2) is 8.28. The van der Waals surface area contributed by atoms with Crippen LogP contribution in [0.15, 0.2) is 24.5 Å². The number of nitrogens with one attached hydrogen (secondary N) is 1. The Kier molecular flexibility index (Phi) is 6.37. The molecule has 1 aliphatic heterocycles. The topological polar surface area (TPSA) is 45.2 Å². The van der Waals surface area contributed by atoms with Crippen molar-refractivity contribution < 1.29 is 4.79 Å². The molecule has 0 spiro atoms. The van der Waals surface area contributed by atoms with E-state index < -0.39 is 0 Å². The van der Waals surface area contributed by atoms with E-state index in [0.717, 1.165) is 38.9 Å². The van der Waals surface area contributed by atoms with Gasteiger partial charge in [0.1, 0.15) is 0 Å². The molecule has 1 aromatic rings. The highest BCUT2D eigenvalue weighted by Gasteiger charge is 2.24. The lowest BCUT2D eigenvalue weighted by Crippen LogP contribution is -2.46. The van der Waals surface area contributed by atoms with Crippen LogP contribution >= 0.6 is 0 Å². The number of piperidine rings is 1. The van der Waals surface area contributed by atoms with Crippen molar-refractivity contribution in [2.45, 2.75) is 52.6 Å². The average molecular weight is 303 g/mol. The monoisotopic (exact) mass is 303 g/mol. The molecule has 1 fully saturated rings. The van der Waals surface area contributed by atoms with Gasteiger partial charge < -0.3 is 5.32 Å². The third-order valence-electron chi connectivity index (χ3n) is 4.97. The summed E-state index contributed by atoms with van der Waals surface area (Å²) in [6.45, 7) is 9.38. The Balaban J connectivity index is 1.74. The van der Waals surface area contributed by atoms with E-state index in [9.17, 15) is 4.79 Å². The van der Waals surface area contributed by atoms with Gasteiger partial charge in [0, 0.05) is 44.0 Å². The predicted molar refractivity (Wildman–Crippen MR) is 89.3 cm³/mol. The van der Waals surface area contributed by atoms with Crippen LogP contribution in [-0.4, -0.2) is 34.9 Å². The van der Waals surface area contributed by atoms with Crippen molar-refractivity contribution in [3.8, 4) is 0 Å². The van der Waals surface area contributed by atoms with E-state index in [0.29, 0.717) is 12.0 Å². The fourth-order valence-corrected chi connectivity index (χ4v) is 2.93. The normalized spacial score (nSPS) is 19.6. The van der Waals surface area contributed by atoms with Gasteiger partial charge in [-0.05, 0) is 30.4 Å². The number of hydrogen-bond donors (Lipinski definition) is 1. The van der Waals surface area contributed by atoms with Gasteiger partial charge in [-0.3, -0.25) is 14.7 Å². The van der Waals surface area contributed by atoms with Gasteiger partial charge in [-0.25, -0.2) is 0 Å². The minimum absolute atomic E-state index is 0.110. The Hall–Kier alpha value is -1.42. The molecule has 0 aromatic carbocycles. The van der Waals surface area contributed by atoms with Crippen LogP contribution in [0.4, 0.5) is 0 Å². The molecule has 1 aromatic heterocycles. The fourth-order valence-electron chi connectivity index (χ4n) is 2.93. The molecule has 2 heterocycles. The summed E-state index contributed by atoms with van der Waals surface area (Å²) < 4.78 is 0. The van der Waals surface area contributed by atoms with E-state index in [1.165, 1.54) is 5.56 Å². The molecule has 0 saturated carbocycles. The van der Waals surface area contributed by atoms with Gasteiger partial charge >= 0.3 is 0 Å². The molecule has 0 bridgehead atoms. The maximum absolute atomic E-state index is 12.3. The number of likely N-dealkylation sites (tertiary alicyclic amines) is 1. The summed E-state index contributed by atoms with van der Waals surface area (Å²) in [6.07, 6.45) is 6.88. The molecule has 0 aliphatic carbocycles. The summed E-state index contributed by atoms with van der Waals surface area (Å²) in [4.78, 5) is 18.9. The highest BCUT2D eigenvalue weighted by molar-refractivity contribution is 5.78. The zero-order valence-electron chi connectivity index (χ0n) is 14.1. The van der Waals surface area contributed by atoms with E-state index in [1.807, 2.05) is 25.4 Å². The van der Waals surface area contributed by atoms with Gasteiger partial charge in [-0.2, -0.15) is 0 Å². The van der Waals surface area contributed by atoms with Crippen LogP contribution in [0.3, 0.4) is 0 Å². The van der Waals surface area contributed by atoms with Gasteiger partial charge in [0.15, 0.2) is 0 Å². The highest BCUT2D eigenvalue weighted by Crippen LogP contribution is 2.17. The molecule has 122 valence electrons. The first-order chi connectivity index (χ1) is 10.6. The van der Waals surface area contributed by atoms with Crippen LogP contribution in [-0.2, 0) is 11.3 Å². The molecule has 2 rings (SSSR count). The zero-order valence-corrected chi connectivity index (χ0v) is 14.1. The Morgan fingerprint density at radius 1 is 1.41 bits per heavy atom. The average Bonchev–Trinajstić information content (AvgIpc) is 2.56. The van der Waals surface area contributed by atoms with Crippen molar-refractivity contribution in [2.24, 2.45) is 11.8 Å². The number of carbonyl (C=O) groups is 1.